The first-order valence-electron chi connectivity index (χ1n) is 8.02. The Hall–Kier alpha value is -1.41. The van der Waals surface area contributed by atoms with E-state index in [1.165, 1.54) is 14.7 Å². The number of hydrogen-bond donors (Lipinski definition) is 2. The quantitative estimate of drug-likeness (QED) is 0.854. The largest absolute Gasteiger partial charge is 0.393 e. The van der Waals surface area contributed by atoms with Crippen molar-refractivity contribution in [1.29, 1.82) is 0 Å². The molecule has 0 atom stereocenters. The SMILES string of the molecule is Cc1ccsc1CNc1cccc(S(=O)(=O)N2CCC(O)CC2)c1. The van der Waals surface area contributed by atoms with E-state index in [0.717, 1.165) is 5.69 Å². The molecule has 0 radical (unpaired) electrons. The Labute approximate surface area is 147 Å². The molecule has 0 saturated carbocycles. The number of hydrogen-bond acceptors (Lipinski definition) is 5. The first-order chi connectivity index (χ1) is 11.5. The molecule has 1 aliphatic rings. The van der Waals surface area contributed by atoms with Crippen LogP contribution in [0.3, 0.4) is 0 Å². The van der Waals surface area contributed by atoms with Crippen molar-refractivity contribution in [2.24, 2.45) is 0 Å². The zero-order valence-electron chi connectivity index (χ0n) is 13.6. The summed E-state index contributed by atoms with van der Waals surface area (Å²) in [6.45, 7) is 3.49. The van der Waals surface area contributed by atoms with E-state index >= 15 is 0 Å². The lowest BCUT2D eigenvalue weighted by Crippen LogP contribution is -2.39. The molecule has 1 aliphatic heterocycles. The highest BCUT2D eigenvalue weighted by Gasteiger charge is 2.28. The molecular weight excluding hydrogens is 344 g/mol. The number of aryl methyl sites for hydroxylation is 1. The first kappa shape index (κ1) is 17.4. The van der Waals surface area contributed by atoms with E-state index in [2.05, 4.69) is 23.7 Å². The Morgan fingerprint density at radius 3 is 2.71 bits per heavy atom. The fourth-order valence-corrected chi connectivity index (χ4v) is 5.13. The van der Waals surface area contributed by atoms with Crippen molar-refractivity contribution in [3.63, 3.8) is 0 Å². The summed E-state index contributed by atoms with van der Waals surface area (Å²) in [6, 6.07) is 9.02. The van der Waals surface area contributed by atoms with Crippen LogP contribution >= 0.6 is 11.3 Å². The molecule has 0 amide bonds. The van der Waals surface area contributed by atoms with Crippen LogP contribution in [-0.2, 0) is 16.6 Å². The molecule has 0 unspecified atom stereocenters. The third kappa shape index (κ3) is 3.80. The lowest BCUT2D eigenvalue weighted by atomic mass is 10.1. The monoisotopic (exact) mass is 366 g/mol. The van der Waals surface area contributed by atoms with E-state index in [1.54, 1.807) is 29.5 Å². The lowest BCUT2D eigenvalue weighted by Gasteiger charge is -2.28. The predicted octanol–water partition coefficient (Wildman–Crippen LogP) is 2.81. The molecule has 0 spiro atoms. The van der Waals surface area contributed by atoms with Gasteiger partial charge in [-0.15, -0.1) is 11.3 Å². The number of benzene rings is 1. The Morgan fingerprint density at radius 1 is 1.29 bits per heavy atom. The van der Waals surface area contributed by atoms with Crippen molar-refractivity contribution in [2.45, 2.75) is 37.3 Å². The molecule has 1 fully saturated rings. The summed E-state index contributed by atoms with van der Waals surface area (Å²) in [7, 11) is -3.50. The summed E-state index contributed by atoms with van der Waals surface area (Å²) >= 11 is 1.69. The summed E-state index contributed by atoms with van der Waals surface area (Å²) in [6.07, 6.45) is 0.599. The zero-order valence-corrected chi connectivity index (χ0v) is 15.2. The third-order valence-electron chi connectivity index (χ3n) is 4.32. The molecule has 24 heavy (non-hydrogen) atoms. The number of anilines is 1. The Kier molecular flexibility index (Phi) is 5.24. The lowest BCUT2D eigenvalue weighted by molar-refractivity contribution is 0.113. The summed E-state index contributed by atoms with van der Waals surface area (Å²) < 4.78 is 27.0. The van der Waals surface area contributed by atoms with Gasteiger partial charge in [0.25, 0.3) is 0 Å². The minimum absolute atomic E-state index is 0.298. The summed E-state index contributed by atoms with van der Waals surface area (Å²) in [5.41, 5.74) is 2.03. The minimum Gasteiger partial charge on any atom is -0.393 e. The average molecular weight is 367 g/mol. The number of aliphatic hydroxyl groups excluding tert-OH is 1. The van der Waals surface area contributed by atoms with E-state index in [9.17, 15) is 13.5 Å². The van der Waals surface area contributed by atoms with Gasteiger partial charge >= 0.3 is 0 Å². The normalized spacial score (nSPS) is 17.1. The van der Waals surface area contributed by atoms with Crippen LogP contribution in [0.25, 0.3) is 0 Å². The van der Waals surface area contributed by atoms with Gasteiger partial charge in [-0.2, -0.15) is 4.31 Å². The van der Waals surface area contributed by atoms with E-state index in [0.29, 0.717) is 37.4 Å². The Morgan fingerprint density at radius 2 is 2.04 bits per heavy atom. The van der Waals surface area contributed by atoms with Crippen molar-refractivity contribution in [3.8, 4) is 0 Å². The van der Waals surface area contributed by atoms with E-state index in [1.807, 2.05) is 6.07 Å². The van der Waals surface area contributed by atoms with Gasteiger partial charge in [-0.05, 0) is 55.0 Å². The van der Waals surface area contributed by atoms with Crippen LogP contribution in [0.4, 0.5) is 5.69 Å². The van der Waals surface area contributed by atoms with Gasteiger partial charge in [-0.25, -0.2) is 8.42 Å². The number of sulfonamides is 1. The van der Waals surface area contributed by atoms with Crippen LogP contribution in [0.1, 0.15) is 23.3 Å². The first-order valence-corrected chi connectivity index (χ1v) is 10.3. The van der Waals surface area contributed by atoms with E-state index in [-0.39, 0.29) is 0 Å². The second-order valence-corrected chi connectivity index (χ2v) is 8.98. The van der Waals surface area contributed by atoms with E-state index < -0.39 is 16.1 Å². The average Bonchev–Trinajstić information content (AvgIpc) is 2.99. The molecule has 1 saturated heterocycles. The van der Waals surface area contributed by atoms with Crippen LogP contribution in [-0.4, -0.2) is 37.0 Å². The molecule has 2 aromatic rings. The molecular formula is C17H22N2O3S2. The second-order valence-electron chi connectivity index (χ2n) is 6.04. The molecule has 3 rings (SSSR count). The van der Waals surface area contributed by atoms with Gasteiger partial charge < -0.3 is 10.4 Å². The predicted molar refractivity (Wildman–Crippen MR) is 96.8 cm³/mol. The van der Waals surface area contributed by atoms with Crippen LogP contribution in [0, 0.1) is 6.92 Å². The van der Waals surface area contributed by atoms with Crippen LogP contribution < -0.4 is 5.32 Å². The van der Waals surface area contributed by atoms with Crippen molar-refractivity contribution in [2.75, 3.05) is 18.4 Å². The van der Waals surface area contributed by atoms with Crippen molar-refractivity contribution < 1.29 is 13.5 Å². The molecule has 1 aromatic heterocycles. The number of nitrogens with one attached hydrogen (secondary N) is 1. The van der Waals surface area contributed by atoms with Crippen molar-refractivity contribution in [1.82, 2.24) is 4.31 Å². The Bertz CT molecular complexity index is 794. The highest BCUT2D eigenvalue weighted by atomic mass is 32.2. The van der Waals surface area contributed by atoms with Crippen LogP contribution in [0.5, 0.6) is 0 Å². The molecule has 0 bridgehead atoms. The highest BCUT2D eigenvalue weighted by molar-refractivity contribution is 7.89. The number of thiophene rings is 1. The fourth-order valence-electron chi connectivity index (χ4n) is 2.77. The number of aliphatic hydroxyl groups is 1. The Balaban J connectivity index is 1.73. The van der Waals surface area contributed by atoms with Crippen LogP contribution in [0.2, 0.25) is 0 Å². The summed E-state index contributed by atoms with van der Waals surface area (Å²) in [4.78, 5) is 1.54. The maximum atomic E-state index is 12.8. The van der Waals surface area contributed by atoms with Crippen molar-refractivity contribution >= 4 is 27.0 Å². The third-order valence-corrected chi connectivity index (χ3v) is 7.23. The van der Waals surface area contributed by atoms with Crippen molar-refractivity contribution in [3.05, 3.63) is 46.2 Å². The molecule has 2 N–H and O–H groups in total. The smallest absolute Gasteiger partial charge is 0.243 e. The molecule has 5 nitrogen and oxygen atoms in total. The maximum absolute atomic E-state index is 12.8. The van der Waals surface area contributed by atoms with Gasteiger partial charge in [-0.3, -0.25) is 0 Å². The maximum Gasteiger partial charge on any atom is 0.243 e. The summed E-state index contributed by atoms with van der Waals surface area (Å²) in [5, 5.41) is 14.9. The van der Waals surface area contributed by atoms with Gasteiger partial charge in [-0.1, -0.05) is 6.07 Å². The van der Waals surface area contributed by atoms with Gasteiger partial charge in [0.1, 0.15) is 0 Å². The van der Waals surface area contributed by atoms with Gasteiger partial charge in [0.05, 0.1) is 11.0 Å². The topological polar surface area (TPSA) is 69.6 Å². The van der Waals surface area contributed by atoms with Crippen LogP contribution in [0.15, 0.2) is 40.6 Å². The standard InChI is InChI=1S/C17H22N2O3S2/c1-13-7-10-23-17(13)12-18-14-3-2-4-16(11-14)24(21,22)19-8-5-15(20)6-9-19/h2-4,7,10-11,15,18,20H,5-6,8-9,12H2,1H3. The molecule has 130 valence electrons. The molecule has 0 aliphatic carbocycles. The minimum atomic E-state index is -3.50. The highest BCUT2D eigenvalue weighted by Crippen LogP contribution is 2.24. The number of nitrogens with zero attached hydrogens (tertiary/aromatic N) is 1. The molecule has 1 aromatic carbocycles. The molecule has 7 heteroatoms. The van der Waals surface area contributed by atoms with Gasteiger partial charge in [0.15, 0.2) is 0 Å². The number of rotatable bonds is 5. The van der Waals surface area contributed by atoms with E-state index in [4.69, 9.17) is 0 Å². The zero-order chi connectivity index (χ0) is 17.2. The summed E-state index contributed by atoms with van der Waals surface area (Å²) in [5.74, 6) is 0. The molecule has 2 heterocycles. The van der Waals surface area contributed by atoms with Gasteiger partial charge in [0.2, 0.25) is 10.0 Å². The second kappa shape index (κ2) is 7.23. The van der Waals surface area contributed by atoms with Gasteiger partial charge in [0, 0.05) is 30.2 Å². The number of piperidine rings is 1. The fraction of sp³-hybridized carbons (Fsp3) is 0.412.